The molecule has 0 aromatic rings. The predicted molar refractivity (Wildman–Crippen MR) is 60.2 cm³/mol. The molecule has 0 saturated heterocycles. The van der Waals surface area contributed by atoms with Gasteiger partial charge in [0.2, 0.25) is 5.91 Å². The number of carboxylic acids is 1. The Labute approximate surface area is 96.0 Å². The normalized spacial score (nSPS) is 15.2. The zero-order valence-electron chi connectivity index (χ0n) is 9.98. The lowest BCUT2D eigenvalue weighted by Gasteiger charge is -2.23. The highest BCUT2D eigenvalue weighted by Crippen LogP contribution is 2.25. The average Bonchev–Trinajstić information content (AvgIpc) is 3.06. The van der Waals surface area contributed by atoms with Crippen molar-refractivity contribution in [3.63, 3.8) is 0 Å². The average molecular weight is 228 g/mol. The molecule has 1 amide bonds. The number of amides is 1. The van der Waals surface area contributed by atoms with Gasteiger partial charge in [0, 0.05) is 19.6 Å². The van der Waals surface area contributed by atoms with E-state index in [1.165, 1.54) is 0 Å². The van der Waals surface area contributed by atoms with Gasteiger partial charge >= 0.3 is 5.97 Å². The fraction of sp³-hybridized carbons (Fsp3) is 0.818. The van der Waals surface area contributed by atoms with Crippen molar-refractivity contribution in [2.75, 3.05) is 26.7 Å². The molecular formula is C11H20N2O3. The van der Waals surface area contributed by atoms with Crippen molar-refractivity contribution in [3.8, 4) is 0 Å². The molecule has 0 spiro atoms. The summed E-state index contributed by atoms with van der Waals surface area (Å²) in [6.45, 7) is 3.41. The van der Waals surface area contributed by atoms with Gasteiger partial charge in [0.05, 0.1) is 13.0 Å². The van der Waals surface area contributed by atoms with Gasteiger partial charge in [-0.1, -0.05) is 6.92 Å². The van der Waals surface area contributed by atoms with Crippen molar-refractivity contribution in [1.82, 2.24) is 9.80 Å². The van der Waals surface area contributed by atoms with Gasteiger partial charge in [0.25, 0.3) is 0 Å². The number of hydrogen-bond donors (Lipinski definition) is 1. The first-order chi connectivity index (χ1) is 7.54. The Bertz CT molecular complexity index is 264. The van der Waals surface area contributed by atoms with Gasteiger partial charge in [-0.15, -0.1) is 0 Å². The van der Waals surface area contributed by atoms with E-state index in [1.54, 1.807) is 4.90 Å². The maximum absolute atomic E-state index is 11.8. The van der Waals surface area contributed by atoms with Crippen molar-refractivity contribution in [2.45, 2.75) is 32.2 Å². The molecule has 5 nitrogen and oxygen atoms in total. The van der Waals surface area contributed by atoms with E-state index in [9.17, 15) is 9.59 Å². The van der Waals surface area contributed by atoms with Crippen LogP contribution in [0.25, 0.3) is 0 Å². The summed E-state index contributed by atoms with van der Waals surface area (Å²) in [5.41, 5.74) is 0. The number of aliphatic carboxylic acids is 1. The molecule has 0 aromatic carbocycles. The number of nitrogens with zero attached hydrogens (tertiary/aromatic N) is 2. The molecule has 1 N–H and O–H groups in total. The van der Waals surface area contributed by atoms with Crippen LogP contribution in [0.15, 0.2) is 0 Å². The Morgan fingerprint density at radius 1 is 1.38 bits per heavy atom. The SMILES string of the molecule is CCN(CCC(=O)O)CC(=O)N(C)C1CC1. The minimum atomic E-state index is -0.818. The zero-order valence-corrected chi connectivity index (χ0v) is 9.98. The van der Waals surface area contributed by atoms with Crippen LogP contribution in [0.3, 0.4) is 0 Å². The molecule has 1 rings (SSSR count). The lowest BCUT2D eigenvalue weighted by Crippen LogP contribution is -2.40. The standard InChI is InChI=1S/C11H20N2O3/c1-3-13(7-6-11(15)16)8-10(14)12(2)9-4-5-9/h9H,3-8H2,1-2H3,(H,15,16). The molecule has 1 saturated carbocycles. The van der Waals surface area contributed by atoms with Crippen LogP contribution in [-0.2, 0) is 9.59 Å². The van der Waals surface area contributed by atoms with Crippen LogP contribution in [-0.4, -0.2) is 59.5 Å². The molecule has 16 heavy (non-hydrogen) atoms. The van der Waals surface area contributed by atoms with Crippen molar-refractivity contribution in [2.24, 2.45) is 0 Å². The highest BCUT2D eigenvalue weighted by molar-refractivity contribution is 5.78. The second kappa shape index (κ2) is 5.84. The van der Waals surface area contributed by atoms with E-state index in [4.69, 9.17) is 5.11 Å². The molecule has 5 heteroatoms. The largest absolute Gasteiger partial charge is 0.481 e. The van der Waals surface area contributed by atoms with Gasteiger partial charge in [-0.25, -0.2) is 0 Å². The maximum atomic E-state index is 11.8. The van der Waals surface area contributed by atoms with Gasteiger partial charge in [-0.05, 0) is 19.4 Å². The van der Waals surface area contributed by atoms with Crippen molar-refractivity contribution in [3.05, 3.63) is 0 Å². The molecule has 0 unspecified atom stereocenters. The summed E-state index contributed by atoms with van der Waals surface area (Å²) in [6, 6.07) is 0.422. The Hall–Kier alpha value is -1.10. The highest BCUT2D eigenvalue weighted by Gasteiger charge is 2.29. The van der Waals surface area contributed by atoms with Crippen LogP contribution >= 0.6 is 0 Å². The smallest absolute Gasteiger partial charge is 0.304 e. The molecule has 1 aliphatic carbocycles. The Morgan fingerprint density at radius 3 is 2.44 bits per heavy atom. The minimum Gasteiger partial charge on any atom is -0.481 e. The fourth-order valence-electron chi connectivity index (χ4n) is 1.57. The molecule has 92 valence electrons. The van der Waals surface area contributed by atoms with Crippen molar-refractivity contribution < 1.29 is 14.7 Å². The quantitative estimate of drug-likeness (QED) is 0.685. The summed E-state index contributed by atoms with van der Waals surface area (Å²) in [6.07, 6.45) is 2.29. The van der Waals surface area contributed by atoms with Crippen molar-refractivity contribution in [1.29, 1.82) is 0 Å². The summed E-state index contributed by atoms with van der Waals surface area (Å²) in [5.74, 6) is -0.726. The monoisotopic (exact) mass is 228 g/mol. The first-order valence-electron chi connectivity index (χ1n) is 5.74. The molecule has 0 bridgehead atoms. The predicted octanol–water partition coefficient (Wildman–Crippen LogP) is 0.404. The summed E-state index contributed by atoms with van der Waals surface area (Å²) in [7, 11) is 1.82. The number of hydrogen-bond acceptors (Lipinski definition) is 3. The minimum absolute atomic E-state index is 0.0915. The second-order valence-electron chi connectivity index (χ2n) is 4.25. The third-order valence-electron chi connectivity index (χ3n) is 2.94. The molecule has 0 aliphatic heterocycles. The third kappa shape index (κ3) is 4.18. The Balaban J connectivity index is 2.30. The summed E-state index contributed by atoms with van der Waals surface area (Å²) < 4.78 is 0. The summed E-state index contributed by atoms with van der Waals surface area (Å²) in [5, 5.41) is 8.58. The third-order valence-corrected chi connectivity index (χ3v) is 2.94. The van der Waals surface area contributed by atoms with Gasteiger partial charge in [-0.3, -0.25) is 14.5 Å². The lowest BCUT2D eigenvalue weighted by molar-refractivity contribution is -0.138. The molecule has 1 fully saturated rings. The van der Waals surface area contributed by atoms with E-state index in [0.29, 0.717) is 25.7 Å². The maximum Gasteiger partial charge on any atom is 0.304 e. The van der Waals surface area contributed by atoms with E-state index in [2.05, 4.69) is 0 Å². The van der Waals surface area contributed by atoms with E-state index in [-0.39, 0.29) is 12.3 Å². The van der Waals surface area contributed by atoms with E-state index < -0.39 is 5.97 Å². The van der Waals surface area contributed by atoms with Gasteiger partial charge in [-0.2, -0.15) is 0 Å². The van der Waals surface area contributed by atoms with E-state index in [0.717, 1.165) is 12.8 Å². The molecule has 0 atom stereocenters. The van der Waals surface area contributed by atoms with Crippen LogP contribution < -0.4 is 0 Å². The molecular weight excluding hydrogens is 208 g/mol. The molecule has 0 radical (unpaired) electrons. The summed E-state index contributed by atoms with van der Waals surface area (Å²) >= 11 is 0. The van der Waals surface area contributed by atoms with Crippen LogP contribution in [0.1, 0.15) is 26.2 Å². The van der Waals surface area contributed by atoms with E-state index >= 15 is 0 Å². The van der Waals surface area contributed by atoms with Gasteiger partial charge < -0.3 is 10.0 Å². The fourth-order valence-corrected chi connectivity index (χ4v) is 1.57. The molecule has 0 aromatic heterocycles. The number of rotatable bonds is 7. The Morgan fingerprint density at radius 2 is 2.00 bits per heavy atom. The second-order valence-corrected chi connectivity index (χ2v) is 4.25. The number of carboxylic acid groups (broad SMARTS) is 1. The van der Waals surface area contributed by atoms with Crippen LogP contribution in [0, 0.1) is 0 Å². The number of likely N-dealkylation sites (N-methyl/N-ethyl adjacent to an activating group) is 2. The first-order valence-corrected chi connectivity index (χ1v) is 5.74. The zero-order chi connectivity index (χ0) is 12.1. The van der Waals surface area contributed by atoms with Gasteiger partial charge in [0.1, 0.15) is 0 Å². The van der Waals surface area contributed by atoms with Crippen LogP contribution in [0.5, 0.6) is 0 Å². The Kier molecular flexibility index (Phi) is 4.73. The number of carbonyl (C=O) groups excluding carboxylic acids is 1. The van der Waals surface area contributed by atoms with Crippen molar-refractivity contribution >= 4 is 11.9 Å². The first kappa shape index (κ1) is 13.0. The molecule has 1 aliphatic rings. The highest BCUT2D eigenvalue weighted by atomic mass is 16.4. The van der Waals surface area contributed by atoms with Crippen LogP contribution in [0.2, 0.25) is 0 Å². The molecule has 0 heterocycles. The van der Waals surface area contributed by atoms with Crippen LogP contribution in [0.4, 0.5) is 0 Å². The number of carbonyl (C=O) groups is 2. The van der Waals surface area contributed by atoms with Gasteiger partial charge in [0.15, 0.2) is 0 Å². The topological polar surface area (TPSA) is 60.9 Å². The van der Waals surface area contributed by atoms with E-state index in [1.807, 2.05) is 18.9 Å². The summed E-state index contributed by atoms with van der Waals surface area (Å²) in [4.78, 5) is 25.9. The lowest BCUT2D eigenvalue weighted by atomic mass is 10.3.